The van der Waals surface area contributed by atoms with Crippen molar-refractivity contribution in [3.63, 3.8) is 0 Å². The van der Waals surface area contributed by atoms with Gasteiger partial charge in [0.05, 0.1) is 0 Å². The largest absolute Gasteiger partial charge is 0.142 e. The summed E-state index contributed by atoms with van der Waals surface area (Å²) in [5.41, 5.74) is 0. The maximum Gasteiger partial charge on any atom is 0.0329 e. The molecule has 1 radical (unpaired) electrons. The van der Waals surface area contributed by atoms with E-state index in [1.807, 2.05) is 12.1 Å². The van der Waals surface area contributed by atoms with Crippen LogP contribution in [0.2, 0.25) is 0 Å². The standard InChI is InChI=1S/C6H3Br3S.Na/c7-3-1-5(9)6(10)2-4(3)8;/h1-2,10H;. The van der Waals surface area contributed by atoms with Crippen molar-refractivity contribution >= 4 is 90.0 Å². The number of rotatable bonds is 0. The fourth-order valence-corrected chi connectivity index (χ4v) is 2.22. The summed E-state index contributed by atoms with van der Waals surface area (Å²) in [7, 11) is 0. The molecule has 0 atom stereocenters. The van der Waals surface area contributed by atoms with Crippen molar-refractivity contribution in [3.05, 3.63) is 25.6 Å². The van der Waals surface area contributed by atoms with Crippen LogP contribution in [0.3, 0.4) is 0 Å². The normalized spacial score (nSPS) is 9.09. The number of hydrogen-bond donors (Lipinski definition) is 1. The molecular formula is C6H3Br3NaS. The number of benzene rings is 1. The smallest absolute Gasteiger partial charge is 0.0329 e. The zero-order valence-electron chi connectivity index (χ0n) is 5.74. The molecule has 0 saturated carbocycles. The first-order valence-corrected chi connectivity index (χ1v) is 5.27. The molecule has 0 unspecified atom stereocenters. The van der Waals surface area contributed by atoms with Crippen molar-refractivity contribution in [1.29, 1.82) is 0 Å². The summed E-state index contributed by atoms with van der Waals surface area (Å²) in [6, 6.07) is 3.88. The molecule has 0 amide bonds. The molecule has 0 N–H and O–H groups in total. The van der Waals surface area contributed by atoms with E-state index in [0.29, 0.717) is 0 Å². The van der Waals surface area contributed by atoms with Gasteiger partial charge in [-0.05, 0) is 59.9 Å². The molecular weight excluding hydrogens is 367 g/mol. The molecule has 0 aliphatic carbocycles. The van der Waals surface area contributed by atoms with Gasteiger partial charge in [-0.3, -0.25) is 0 Å². The molecule has 0 fully saturated rings. The molecule has 0 spiro atoms. The molecule has 1 aromatic carbocycles. The van der Waals surface area contributed by atoms with Gasteiger partial charge in [0.25, 0.3) is 0 Å². The molecule has 0 aliphatic rings. The van der Waals surface area contributed by atoms with Crippen molar-refractivity contribution in [3.8, 4) is 0 Å². The van der Waals surface area contributed by atoms with Gasteiger partial charge in [-0.15, -0.1) is 12.6 Å². The minimum Gasteiger partial charge on any atom is -0.142 e. The van der Waals surface area contributed by atoms with Crippen molar-refractivity contribution in [2.45, 2.75) is 4.90 Å². The Labute approximate surface area is 119 Å². The minimum absolute atomic E-state index is 0. The van der Waals surface area contributed by atoms with Crippen LogP contribution in [-0.4, -0.2) is 29.6 Å². The molecule has 11 heavy (non-hydrogen) atoms. The van der Waals surface area contributed by atoms with Crippen LogP contribution in [0.1, 0.15) is 0 Å². The van der Waals surface area contributed by atoms with Crippen molar-refractivity contribution in [2.24, 2.45) is 0 Å². The van der Waals surface area contributed by atoms with Crippen LogP contribution >= 0.6 is 60.4 Å². The van der Waals surface area contributed by atoms with Crippen LogP contribution in [0.5, 0.6) is 0 Å². The molecule has 1 rings (SSSR count). The average Bonchev–Trinajstić information content (AvgIpc) is 1.84. The minimum atomic E-state index is 0. The van der Waals surface area contributed by atoms with Crippen LogP contribution in [0.25, 0.3) is 0 Å². The Bertz CT molecular complexity index is 214. The van der Waals surface area contributed by atoms with E-state index in [1.54, 1.807) is 0 Å². The van der Waals surface area contributed by atoms with Crippen LogP contribution in [0, 0.1) is 0 Å². The third-order valence-electron chi connectivity index (χ3n) is 0.990. The SMILES string of the molecule is Sc1cc(Br)c(Br)cc1Br.[Na]. The van der Waals surface area contributed by atoms with Crippen LogP contribution in [0.4, 0.5) is 0 Å². The predicted octanol–water partition coefficient (Wildman–Crippen LogP) is 3.88. The second kappa shape index (κ2) is 5.68. The number of halogens is 3. The van der Waals surface area contributed by atoms with Gasteiger partial charge >= 0.3 is 0 Å². The zero-order chi connectivity index (χ0) is 7.72. The third kappa shape index (κ3) is 3.71. The number of thiol groups is 1. The first kappa shape index (κ1) is 13.0. The van der Waals surface area contributed by atoms with Gasteiger partial charge in [-0.25, -0.2) is 0 Å². The second-order valence-electron chi connectivity index (χ2n) is 1.72. The Kier molecular flexibility index (Phi) is 6.72. The maximum absolute atomic E-state index is 4.22. The van der Waals surface area contributed by atoms with Gasteiger partial charge in [-0.1, -0.05) is 0 Å². The van der Waals surface area contributed by atoms with Gasteiger partial charge in [0.2, 0.25) is 0 Å². The van der Waals surface area contributed by atoms with Crippen LogP contribution in [-0.2, 0) is 0 Å². The molecule has 1 aromatic rings. The summed E-state index contributed by atoms with van der Waals surface area (Å²) >= 11 is 14.3. The average molecular weight is 370 g/mol. The second-order valence-corrected chi connectivity index (χ2v) is 4.76. The van der Waals surface area contributed by atoms with Gasteiger partial charge in [0.15, 0.2) is 0 Å². The molecule has 0 nitrogen and oxygen atoms in total. The summed E-state index contributed by atoms with van der Waals surface area (Å²) in [4.78, 5) is 0.926. The first-order valence-electron chi connectivity index (χ1n) is 2.45. The molecule has 0 bridgehead atoms. The maximum atomic E-state index is 4.22. The topological polar surface area (TPSA) is 0 Å². The quantitative estimate of drug-likeness (QED) is 0.400. The van der Waals surface area contributed by atoms with Crippen LogP contribution < -0.4 is 0 Å². The number of hydrogen-bond acceptors (Lipinski definition) is 1. The predicted molar refractivity (Wildman–Crippen MR) is 62.5 cm³/mol. The molecule has 0 heterocycles. The van der Waals surface area contributed by atoms with Gasteiger partial charge < -0.3 is 0 Å². The Hall–Kier alpha value is 2.01. The van der Waals surface area contributed by atoms with E-state index in [2.05, 4.69) is 60.4 Å². The molecule has 0 aliphatic heterocycles. The van der Waals surface area contributed by atoms with E-state index < -0.39 is 0 Å². The van der Waals surface area contributed by atoms with E-state index in [-0.39, 0.29) is 29.6 Å². The summed E-state index contributed by atoms with van der Waals surface area (Å²) in [5, 5.41) is 0. The molecule has 0 saturated heterocycles. The van der Waals surface area contributed by atoms with E-state index in [0.717, 1.165) is 18.3 Å². The van der Waals surface area contributed by atoms with Gasteiger partial charge in [-0.2, -0.15) is 0 Å². The van der Waals surface area contributed by atoms with E-state index >= 15 is 0 Å². The summed E-state index contributed by atoms with van der Waals surface area (Å²) in [6.45, 7) is 0. The van der Waals surface area contributed by atoms with E-state index in [4.69, 9.17) is 0 Å². The first-order chi connectivity index (χ1) is 4.61. The van der Waals surface area contributed by atoms with Crippen LogP contribution in [0.15, 0.2) is 30.4 Å². The monoisotopic (exact) mass is 367 g/mol. The Morgan fingerprint density at radius 1 is 0.909 bits per heavy atom. The van der Waals surface area contributed by atoms with Crippen molar-refractivity contribution in [1.82, 2.24) is 0 Å². The summed E-state index contributed by atoms with van der Waals surface area (Å²) in [6.07, 6.45) is 0. The molecule has 55 valence electrons. The fraction of sp³-hybridized carbons (Fsp3) is 0. The zero-order valence-corrected chi connectivity index (χ0v) is 13.4. The summed E-state index contributed by atoms with van der Waals surface area (Å²) < 4.78 is 3.03. The Morgan fingerprint density at radius 2 is 1.36 bits per heavy atom. The summed E-state index contributed by atoms with van der Waals surface area (Å²) in [5.74, 6) is 0. The van der Waals surface area contributed by atoms with Crippen molar-refractivity contribution in [2.75, 3.05) is 0 Å². The van der Waals surface area contributed by atoms with E-state index in [9.17, 15) is 0 Å². The van der Waals surface area contributed by atoms with E-state index in [1.165, 1.54) is 0 Å². The third-order valence-corrected chi connectivity index (χ3v) is 4.17. The van der Waals surface area contributed by atoms with Crippen molar-refractivity contribution < 1.29 is 0 Å². The van der Waals surface area contributed by atoms with Gasteiger partial charge in [0.1, 0.15) is 0 Å². The molecule has 0 aromatic heterocycles. The van der Waals surface area contributed by atoms with Gasteiger partial charge in [0, 0.05) is 47.9 Å². The molecule has 5 heteroatoms. The fourth-order valence-electron chi connectivity index (χ4n) is 0.512. The Morgan fingerprint density at radius 3 is 1.82 bits per heavy atom. The Balaban J connectivity index is 0.000001000.